The maximum Gasteiger partial charge on any atom is 0.247 e. The first-order valence-electron chi connectivity index (χ1n) is 6.67. The summed E-state index contributed by atoms with van der Waals surface area (Å²) in [6, 6.07) is 0.831. The molecule has 0 spiro atoms. The molecule has 2 N–H and O–H groups in total. The van der Waals surface area contributed by atoms with E-state index >= 15 is 0 Å². The maximum atomic E-state index is 12.4. The van der Waals surface area contributed by atoms with Crippen molar-refractivity contribution < 1.29 is 21.6 Å². The summed E-state index contributed by atoms with van der Waals surface area (Å²) in [7, 11) is -7.59. The number of thiophene rings is 1. The highest BCUT2D eigenvalue weighted by molar-refractivity contribution is 7.95. The SMILES string of the molecule is CCN(C(C)=O)[C@@H]1C[C@H](C)S(=O)(=O)c2sc(S(N)(=O)=O)cc21. The minimum absolute atomic E-state index is 0.0000231. The number of rotatable bonds is 3. The molecule has 0 aromatic carbocycles. The van der Waals surface area contributed by atoms with Crippen molar-refractivity contribution in [1.82, 2.24) is 4.90 Å². The van der Waals surface area contributed by atoms with Gasteiger partial charge in [0.25, 0.3) is 0 Å². The molecule has 124 valence electrons. The van der Waals surface area contributed by atoms with Gasteiger partial charge in [0.2, 0.25) is 15.9 Å². The lowest BCUT2D eigenvalue weighted by Gasteiger charge is -2.35. The Morgan fingerprint density at radius 1 is 1.50 bits per heavy atom. The molecule has 1 aliphatic heterocycles. The predicted molar refractivity (Wildman–Crippen MR) is 82.8 cm³/mol. The molecule has 0 saturated carbocycles. The monoisotopic (exact) mass is 366 g/mol. The number of nitrogens with zero attached hydrogens (tertiary/aromatic N) is 1. The van der Waals surface area contributed by atoms with Crippen LogP contribution in [0.3, 0.4) is 0 Å². The number of sulfonamides is 1. The number of carbonyl (C=O) groups excluding carboxylic acids is 1. The highest BCUT2D eigenvalue weighted by atomic mass is 32.3. The standard InChI is InChI=1S/C12H18N2O5S3/c1-4-14(8(3)15)10-5-7(2)21(16,17)12-9(10)6-11(20-12)22(13,18)19/h6-7,10H,4-5H2,1-3H3,(H2,13,18,19)/t7-,10+/m0/s1. The molecule has 0 saturated heterocycles. The summed E-state index contributed by atoms with van der Waals surface area (Å²) in [5.41, 5.74) is 0.351. The Hall–Kier alpha value is -0.970. The number of hydrogen-bond acceptors (Lipinski definition) is 6. The minimum Gasteiger partial charge on any atom is -0.336 e. The topological polar surface area (TPSA) is 115 Å². The normalized spacial score (nSPS) is 23.8. The van der Waals surface area contributed by atoms with Crippen molar-refractivity contribution in [3.8, 4) is 0 Å². The number of amides is 1. The Labute approximate surface area is 134 Å². The summed E-state index contributed by atoms with van der Waals surface area (Å²) in [6.45, 7) is 5.17. The molecule has 1 amide bonds. The summed E-state index contributed by atoms with van der Waals surface area (Å²) >= 11 is 0.657. The van der Waals surface area contributed by atoms with E-state index in [1.165, 1.54) is 13.0 Å². The van der Waals surface area contributed by atoms with Crippen molar-refractivity contribution in [2.45, 2.75) is 46.9 Å². The largest absolute Gasteiger partial charge is 0.336 e. The number of sulfone groups is 1. The summed E-state index contributed by atoms with van der Waals surface area (Å²) in [5.74, 6) is -0.187. The second kappa shape index (κ2) is 5.59. The van der Waals surface area contributed by atoms with Gasteiger partial charge >= 0.3 is 0 Å². The lowest BCUT2D eigenvalue weighted by Crippen LogP contribution is -2.39. The lowest BCUT2D eigenvalue weighted by molar-refractivity contribution is -0.131. The van der Waals surface area contributed by atoms with Crippen LogP contribution in [0.25, 0.3) is 0 Å². The van der Waals surface area contributed by atoms with Gasteiger partial charge in [0, 0.05) is 19.0 Å². The van der Waals surface area contributed by atoms with Gasteiger partial charge in [0.1, 0.15) is 8.42 Å². The number of nitrogens with two attached hydrogens (primary N) is 1. The molecule has 0 bridgehead atoms. The summed E-state index contributed by atoms with van der Waals surface area (Å²) in [6.07, 6.45) is 0.240. The molecule has 0 radical (unpaired) electrons. The van der Waals surface area contributed by atoms with E-state index in [2.05, 4.69) is 0 Å². The van der Waals surface area contributed by atoms with Crippen LogP contribution < -0.4 is 5.14 Å². The molecule has 1 aliphatic rings. The first-order chi connectivity index (χ1) is 10.00. The van der Waals surface area contributed by atoms with Crippen LogP contribution in [-0.4, -0.2) is 39.4 Å². The summed E-state index contributed by atoms with van der Waals surface area (Å²) < 4.78 is 47.8. The third kappa shape index (κ3) is 2.80. The van der Waals surface area contributed by atoms with Gasteiger partial charge in [-0.1, -0.05) is 0 Å². The Balaban J connectivity index is 2.70. The van der Waals surface area contributed by atoms with Crippen molar-refractivity contribution in [3.63, 3.8) is 0 Å². The average Bonchev–Trinajstić information content (AvgIpc) is 2.82. The van der Waals surface area contributed by atoms with Crippen molar-refractivity contribution >= 4 is 37.1 Å². The van der Waals surface area contributed by atoms with Crippen molar-refractivity contribution in [2.75, 3.05) is 6.54 Å². The van der Waals surface area contributed by atoms with Gasteiger partial charge in [0.15, 0.2) is 9.84 Å². The Bertz CT molecular complexity index is 810. The molecule has 1 aromatic rings. The molecular weight excluding hydrogens is 348 g/mol. The zero-order chi connectivity index (χ0) is 16.9. The van der Waals surface area contributed by atoms with E-state index in [1.54, 1.807) is 18.7 Å². The molecule has 1 aromatic heterocycles. The van der Waals surface area contributed by atoms with E-state index in [0.717, 1.165) is 0 Å². The van der Waals surface area contributed by atoms with Crippen molar-refractivity contribution in [2.24, 2.45) is 5.14 Å². The quantitative estimate of drug-likeness (QED) is 0.852. The van der Waals surface area contributed by atoms with Crippen LogP contribution in [0, 0.1) is 0 Å². The summed E-state index contributed by atoms with van der Waals surface area (Å²) in [5, 5.41) is 4.42. The molecule has 0 unspecified atom stereocenters. The zero-order valence-electron chi connectivity index (χ0n) is 12.4. The van der Waals surface area contributed by atoms with Gasteiger partial charge in [-0.2, -0.15) is 0 Å². The highest BCUT2D eigenvalue weighted by Gasteiger charge is 2.41. The van der Waals surface area contributed by atoms with E-state index in [9.17, 15) is 21.6 Å². The summed E-state index contributed by atoms with van der Waals surface area (Å²) in [4.78, 5) is 13.3. The molecule has 22 heavy (non-hydrogen) atoms. The molecule has 7 nitrogen and oxygen atoms in total. The fourth-order valence-electron chi connectivity index (χ4n) is 2.67. The lowest BCUT2D eigenvalue weighted by atomic mass is 10.0. The van der Waals surface area contributed by atoms with Gasteiger partial charge in [-0.05, 0) is 26.3 Å². The van der Waals surface area contributed by atoms with Crippen LogP contribution >= 0.6 is 11.3 Å². The smallest absolute Gasteiger partial charge is 0.247 e. The van der Waals surface area contributed by atoms with Crippen LogP contribution in [0.15, 0.2) is 14.5 Å². The van der Waals surface area contributed by atoms with Gasteiger partial charge in [-0.15, -0.1) is 11.3 Å². The van der Waals surface area contributed by atoms with Crippen molar-refractivity contribution in [1.29, 1.82) is 0 Å². The third-order valence-electron chi connectivity index (χ3n) is 3.81. The number of fused-ring (bicyclic) bond motifs is 1. The highest BCUT2D eigenvalue weighted by Crippen LogP contribution is 2.44. The number of hydrogen-bond donors (Lipinski definition) is 1. The first kappa shape index (κ1) is 17.4. The maximum absolute atomic E-state index is 12.4. The number of primary sulfonamides is 1. The number of carbonyl (C=O) groups is 1. The molecule has 2 heterocycles. The zero-order valence-corrected chi connectivity index (χ0v) is 14.9. The second-order valence-electron chi connectivity index (χ2n) is 5.27. The fourth-order valence-corrected chi connectivity index (χ4v) is 7.07. The van der Waals surface area contributed by atoms with Crippen molar-refractivity contribution in [3.05, 3.63) is 11.6 Å². The van der Waals surface area contributed by atoms with Crippen LogP contribution in [0.4, 0.5) is 0 Å². The minimum atomic E-state index is -3.99. The van der Waals surface area contributed by atoms with Crippen LogP contribution in [0.5, 0.6) is 0 Å². The molecule has 0 fully saturated rings. The Morgan fingerprint density at radius 3 is 2.55 bits per heavy atom. The third-order valence-corrected chi connectivity index (χ3v) is 9.12. The second-order valence-corrected chi connectivity index (χ2v) is 10.7. The van der Waals surface area contributed by atoms with Crippen LogP contribution in [-0.2, 0) is 24.7 Å². The van der Waals surface area contributed by atoms with Gasteiger partial charge in [-0.3, -0.25) is 4.79 Å². The molecular formula is C12H18N2O5S3. The average molecular weight is 366 g/mol. The van der Waals surface area contributed by atoms with Crippen LogP contribution in [0.1, 0.15) is 38.8 Å². The molecule has 2 rings (SSSR count). The van der Waals surface area contributed by atoms with E-state index in [0.29, 0.717) is 23.4 Å². The van der Waals surface area contributed by atoms with E-state index in [1.807, 2.05) is 0 Å². The first-order valence-corrected chi connectivity index (χ1v) is 10.6. The van der Waals surface area contributed by atoms with E-state index < -0.39 is 31.2 Å². The predicted octanol–water partition coefficient (Wildman–Crippen LogP) is 0.871. The van der Waals surface area contributed by atoms with Gasteiger partial charge in [0.05, 0.1) is 11.3 Å². The fraction of sp³-hybridized carbons (Fsp3) is 0.583. The van der Waals surface area contributed by atoms with Gasteiger partial charge < -0.3 is 4.90 Å². The molecule has 2 atom stereocenters. The van der Waals surface area contributed by atoms with E-state index in [4.69, 9.17) is 5.14 Å². The Kier molecular flexibility index (Phi) is 4.42. The Morgan fingerprint density at radius 2 is 2.09 bits per heavy atom. The molecule has 0 aliphatic carbocycles. The van der Waals surface area contributed by atoms with Crippen LogP contribution in [0.2, 0.25) is 0 Å². The van der Waals surface area contributed by atoms with Gasteiger partial charge in [-0.25, -0.2) is 22.0 Å². The molecule has 10 heteroatoms. The van der Waals surface area contributed by atoms with E-state index in [-0.39, 0.29) is 20.7 Å².